The van der Waals surface area contributed by atoms with Gasteiger partial charge in [-0.05, 0) is 23.3 Å². The second-order valence-corrected chi connectivity index (χ2v) is 4.86. The van der Waals surface area contributed by atoms with Crippen LogP contribution in [0.2, 0.25) is 0 Å². The lowest BCUT2D eigenvalue weighted by Crippen LogP contribution is -2.20. The summed E-state index contributed by atoms with van der Waals surface area (Å²) in [6.07, 6.45) is 0. The first-order valence-corrected chi connectivity index (χ1v) is 7.44. The highest BCUT2D eigenvalue weighted by atomic mass is 35.5. The highest BCUT2D eigenvalue weighted by molar-refractivity contribution is 6.37. The Bertz CT molecular complexity index is 618. The lowest BCUT2D eigenvalue weighted by molar-refractivity contribution is 0.0955. The zero-order valence-electron chi connectivity index (χ0n) is 11.2. The molecule has 0 radical (unpaired) electrons. The van der Waals surface area contributed by atoms with E-state index in [1.807, 2.05) is 42.5 Å². The number of nitrogens with zero attached hydrogens (tertiary/aromatic N) is 1. The summed E-state index contributed by atoms with van der Waals surface area (Å²) in [6, 6.07) is 17.3. The van der Waals surface area contributed by atoms with Crippen LogP contribution in [0.5, 0.6) is 0 Å². The van der Waals surface area contributed by atoms with E-state index in [1.54, 1.807) is 12.1 Å². The molecule has 2 aromatic carbocycles. The van der Waals surface area contributed by atoms with Crippen molar-refractivity contribution in [2.75, 3.05) is 11.8 Å². The minimum Gasteiger partial charge on any atom is -0.267 e. The van der Waals surface area contributed by atoms with Crippen LogP contribution in [0.15, 0.2) is 59.7 Å². The van der Waals surface area contributed by atoms with Gasteiger partial charge in [0.15, 0.2) is 0 Å². The van der Waals surface area contributed by atoms with Gasteiger partial charge in [0.25, 0.3) is 5.91 Å². The van der Waals surface area contributed by atoms with Crippen molar-refractivity contribution in [3.05, 3.63) is 60.2 Å². The summed E-state index contributed by atoms with van der Waals surface area (Å²) in [5, 5.41) is 3.87. The molecule has 21 heavy (non-hydrogen) atoms. The van der Waals surface area contributed by atoms with Crippen LogP contribution in [0.3, 0.4) is 0 Å². The SMILES string of the molecule is O=C(NN=C(CCl)CCl)c1ccc(-c2ccccc2)cc1. The Hall–Kier alpha value is -1.84. The standard InChI is InChI=1S/C16H14Cl2N2O/c17-10-15(11-18)19-20-16(21)14-8-6-13(7-9-14)12-4-2-1-3-5-12/h1-9H,10-11H2,(H,20,21). The molecule has 1 N–H and O–H groups in total. The zero-order valence-corrected chi connectivity index (χ0v) is 12.7. The number of hydrogen-bond donors (Lipinski definition) is 1. The molecule has 0 spiro atoms. The Kier molecular flexibility index (Phi) is 5.78. The molecular weight excluding hydrogens is 307 g/mol. The first-order chi connectivity index (χ1) is 10.2. The maximum Gasteiger partial charge on any atom is 0.271 e. The second kappa shape index (κ2) is 7.81. The van der Waals surface area contributed by atoms with E-state index in [0.717, 1.165) is 11.1 Å². The number of alkyl halides is 2. The summed E-state index contributed by atoms with van der Waals surface area (Å²) in [4.78, 5) is 11.9. The van der Waals surface area contributed by atoms with Crippen molar-refractivity contribution in [2.24, 2.45) is 5.10 Å². The fraction of sp³-hybridized carbons (Fsp3) is 0.125. The number of hydrogen-bond acceptors (Lipinski definition) is 2. The van der Waals surface area contributed by atoms with Gasteiger partial charge >= 0.3 is 0 Å². The van der Waals surface area contributed by atoms with Crippen molar-refractivity contribution in [3.8, 4) is 11.1 Å². The van der Waals surface area contributed by atoms with E-state index >= 15 is 0 Å². The van der Waals surface area contributed by atoms with E-state index in [4.69, 9.17) is 23.2 Å². The number of halogens is 2. The van der Waals surface area contributed by atoms with E-state index in [0.29, 0.717) is 11.3 Å². The molecule has 0 aliphatic rings. The highest BCUT2D eigenvalue weighted by Gasteiger charge is 2.05. The molecule has 0 atom stereocenters. The van der Waals surface area contributed by atoms with Gasteiger partial charge in [-0.2, -0.15) is 5.10 Å². The van der Waals surface area contributed by atoms with Gasteiger partial charge in [0.05, 0.1) is 17.5 Å². The molecular formula is C16H14Cl2N2O. The molecule has 2 aromatic rings. The number of benzene rings is 2. The molecule has 3 nitrogen and oxygen atoms in total. The van der Waals surface area contributed by atoms with Crippen LogP contribution in [0.25, 0.3) is 11.1 Å². The highest BCUT2D eigenvalue weighted by Crippen LogP contribution is 2.19. The lowest BCUT2D eigenvalue weighted by atomic mass is 10.0. The molecule has 1 amide bonds. The summed E-state index contributed by atoms with van der Waals surface area (Å²) < 4.78 is 0. The number of carbonyl (C=O) groups is 1. The lowest BCUT2D eigenvalue weighted by Gasteiger charge is -2.04. The third-order valence-electron chi connectivity index (χ3n) is 2.88. The van der Waals surface area contributed by atoms with Crippen molar-refractivity contribution in [3.63, 3.8) is 0 Å². The predicted molar refractivity (Wildman–Crippen MR) is 88.2 cm³/mol. The van der Waals surface area contributed by atoms with Crippen molar-refractivity contribution in [2.45, 2.75) is 0 Å². The normalized spacial score (nSPS) is 10.0. The number of carbonyl (C=O) groups excluding carboxylic acids is 1. The smallest absolute Gasteiger partial charge is 0.267 e. The number of nitrogens with one attached hydrogen (secondary N) is 1. The van der Waals surface area contributed by atoms with Crippen LogP contribution in [-0.2, 0) is 0 Å². The number of rotatable bonds is 5. The van der Waals surface area contributed by atoms with Gasteiger partial charge in [0.2, 0.25) is 0 Å². The molecule has 0 saturated carbocycles. The zero-order chi connectivity index (χ0) is 15.1. The van der Waals surface area contributed by atoms with Gasteiger partial charge in [0, 0.05) is 5.56 Å². The number of hydrazone groups is 1. The predicted octanol–water partition coefficient (Wildman–Crippen LogP) is 3.92. The summed E-state index contributed by atoms with van der Waals surface area (Å²) in [7, 11) is 0. The van der Waals surface area contributed by atoms with Crippen LogP contribution >= 0.6 is 23.2 Å². The van der Waals surface area contributed by atoms with Crippen LogP contribution in [0.4, 0.5) is 0 Å². The molecule has 0 aliphatic carbocycles. The summed E-state index contributed by atoms with van der Waals surface area (Å²) in [5.74, 6) is 0.0929. The van der Waals surface area contributed by atoms with Crippen molar-refractivity contribution in [1.29, 1.82) is 0 Å². The largest absolute Gasteiger partial charge is 0.271 e. The van der Waals surface area contributed by atoms with E-state index in [2.05, 4.69) is 10.5 Å². The first kappa shape index (κ1) is 15.5. The molecule has 108 valence electrons. The van der Waals surface area contributed by atoms with Crippen LogP contribution in [0.1, 0.15) is 10.4 Å². The van der Waals surface area contributed by atoms with E-state index in [9.17, 15) is 4.79 Å². The minimum atomic E-state index is -0.289. The van der Waals surface area contributed by atoms with Crippen LogP contribution < -0.4 is 5.43 Å². The molecule has 0 aromatic heterocycles. The van der Waals surface area contributed by atoms with Gasteiger partial charge in [-0.25, -0.2) is 5.43 Å². The molecule has 0 bridgehead atoms. The van der Waals surface area contributed by atoms with Crippen molar-refractivity contribution in [1.82, 2.24) is 5.43 Å². The third kappa shape index (κ3) is 4.31. The molecule has 5 heteroatoms. The number of amides is 1. The Morgan fingerprint density at radius 2 is 1.48 bits per heavy atom. The Morgan fingerprint density at radius 1 is 0.905 bits per heavy atom. The maximum atomic E-state index is 11.9. The van der Waals surface area contributed by atoms with Crippen molar-refractivity contribution >= 4 is 34.8 Å². The van der Waals surface area contributed by atoms with E-state index in [-0.39, 0.29) is 17.7 Å². The van der Waals surface area contributed by atoms with E-state index < -0.39 is 0 Å². The Labute approximate surface area is 133 Å². The first-order valence-electron chi connectivity index (χ1n) is 6.38. The Balaban J connectivity index is 2.09. The molecule has 0 heterocycles. The van der Waals surface area contributed by atoms with Crippen molar-refractivity contribution < 1.29 is 4.79 Å². The fourth-order valence-corrected chi connectivity index (χ4v) is 2.14. The minimum absolute atomic E-state index is 0.191. The van der Waals surface area contributed by atoms with Crippen LogP contribution in [0, 0.1) is 0 Å². The van der Waals surface area contributed by atoms with Gasteiger partial charge in [0.1, 0.15) is 0 Å². The molecule has 2 rings (SSSR count). The summed E-state index contributed by atoms with van der Waals surface area (Å²) in [6.45, 7) is 0. The molecule has 0 saturated heterocycles. The van der Waals surface area contributed by atoms with Gasteiger partial charge in [-0.3, -0.25) is 4.79 Å². The quantitative estimate of drug-likeness (QED) is 0.506. The third-order valence-corrected chi connectivity index (χ3v) is 3.50. The molecule has 0 aliphatic heterocycles. The van der Waals surface area contributed by atoms with Gasteiger partial charge < -0.3 is 0 Å². The topological polar surface area (TPSA) is 41.5 Å². The van der Waals surface area contributed by atoms with Gasteiger partial charge in [-0.1, -0.05) is 42.5 Å². The molecule has 0 unspecified atom stereocenters. The maximum absolute atomic E-state index is 11.9. The van der Waals surface area contributed by atoms with Crippen LogP contribution in [-0.4, -0.2) is 23.4 Å². The summed E-state index contributed by atoms with van der Waals surface area (Å²) in [5.41, 5.74) is 5.65. The summed E-state index contributed by atoms with van der Waals surface area (Å²) >= 11 is 11.2. The average molecular weight is 321 g/mol. The Morgan fingerprint density at radius 3 is 2.05 bits per heavy atom. The second-order valence-electron chi connectivity index (χ2n) is 4.33. The molecule has 0 fully saturated rings. The average Bonchev–Trinajstić information content (AvgIpc) is 2.56. The van der Waals surface area contributed by atoms with E-state index in [1.165, 1.54) is 0 Å². The van der Waals surface area contributed by atoms with Gasteiger partial charge in [-0.15, -0.1) is 23.2 Å². The monoisotopic (exact) mass is 320 g/mol. The fourth-order valence-electron chi connectivity index (χ4n) is 1.73.